The summed E-state index contributed by atoms with van der Waals surface area (Å²) in [6, 6.07) is 0. The van der Waals surface area contributed by atoms with Gasteiger partial charge in [-0.05, 0) is 25.7 Å². The molecule has 0 radical (unpaired) electrons. The number of aliphatic hydroxyl groups is 1. The van der Waals surface area contributed by atoms with Crippen molar-refractivity contribution in [2.45, 2.75) is 50.7 Å². The van der Waals surface area contributed by atoms with Crippen molar-refractivity contribution in [3.05, 3.63) is 0 Å². The third-order valence-electron chi connectivity index (χ3n) is 3.53. The maximum atomic E-state index is 12.1. The molecule has 0 aromatic rings. The first kappa shape index (κ1) is 13.8. The Morgan fingerprint density at radius 1 is 1.19 bits per heavy atom. The first-order valence-corrected chi connectivity index (χ1v) is 5.80. The van der Waals surface area contributed by atoms with E-state index in [-0.39, 0.29) is 12.5 Å². The Morgan fingerprint density at radius 2 is 1.75 bits per heavy atom. The monoisotopic (exact) mass is 239 g/mol. The zero-order valence-electron chi connectivity index (χ0n) is 9.61. The van der Waals surface area contributed by atoms with Gasteiger partial charge in [-0.15, -0.1) is 0 Å². The molecule has 0 aliphatic heterocycles. The van der Waals surface area contributed by atoms with Crippen LogP contribution in [0.1, 0.15) is 39.0 Å². The van der Waals surface area contributed by atoms with E-state index < -0.39 is 18.3 Å². The van der Waals surface area contributed by atoms with Crippen molar-refractivity contribution < 1.29 is 18.3 Å². The number of aliphatic hydroxyl groups excluding tert-OH is 1. The van der Waals surface area contributed by atoms with Crippen LogP contribution in [0.5, 0.6) is 0 Å². The number of hydrogen-bond donors (Lipinski definition) is 2. The molecule has 1 fully saturated rings. The predicted octanol–water partition coefficient (Wildman–Crippen LogP) is 2.47. The van der Waals surface area contributed by atoms with E-state index in [4.69, 9.17) is 0 Å². The highest BCUT2D eigenvalue weighted by Crippen LogP contribution is 2.32. The Kier molecular flexibility index (Phi) is 4.62. The maximum absolute atomic E-state index is 12.1. The second-order valence-corrected chi connectivity index (χ2v) is 4.88. The number of nitrogens with one attached hydrogen (secondary N) is 1. The summed E-state index contributed by atoms with van der Waals surface area (Å²) in [6.07, 6.45) is 0.841. The van der Waals surface area contributed by atoms with Crippen LogP contribution < -0.4 is 5.32 Å². The van der Waals surface area contributed by atoms with Gasteiger partial charge in [-0.2, -0.15) is 13.2 Å². The van der Waals surface area contributed by atoms with Crippen molar-refractivity contribution in [2.24, 2.45) is 5.92 Å². The summed E-state index contributed by atoms with van der Waals surface area (Å²) in [5, 5.41) is 11.8. The highest BCUT2D eigenvalue weighted by Gasteiger charge is 2.37. The van der Waals surface area contributed by atoms with Gasteiger partial charge in [0.05, 0.1) is 13.2 Å². The van der Waals surface area contributed by atoms with Crippen molar-refractivity contribution in [3.63, 3.8) is 0 Å². The first-order valence-electron chi connectivity index (χ1n) is 5.80. The summed E-state index contributed by atoms with van der Waals surface area (Å²) in [4.78, 5) is 0. The largest absolute Gasteiger partial charge is 0.401 e. The third-order valence-corrected chi connectivity index (χ3v) is 3.53. The van der Waals surface area contributed by atoms with Gasteiger partial charge in [0, 0.05) is 5.54 Å². The third kappa shape index (κ3) is 3.94. The number of alkyl halides is 3. The fraction of sp³-hybridized carbons (Fsp3) is 1.00. The average molecular weight is 239 g/mol. The minimum Gasteiger partial charge on any atom is -0.394 e. The Labute approximate surface area is 94.2 Å². The average Bonchev–Trinajstić information content (AvgIpc) is 2.26. The van der Waals surface area contributed by atoms with Gasteiger partial charge in [-0.1, -0.05) is 19.3 Å². The van der Waals surface area contributed by atoms with Crippen LogP contribution in [0.4, 0.5) is 13.2 Å². The Balaban J connectivity index is 2.54. The molecule has 0 bridgehead atoms. The molecule has 0 amide bonds. The maximum Gasteiger partial charge on any atom is 0.401 e. The summed E-state index contributed by atoms with van der Waals surface area (Å²) in [5.41, 5.74) is -0.796. The van der Waals surface area contributed by atoms with Crippen LogP contribution in [0.3, 0.4) is 0 Å². The molecule has 0 saturated heterocycles. The van der Waals surface area contributed by atoms with E-state index in [1.165, 1.54) is 0 Å². The molecule has 1 atom stereocenters. The molecule has 0 spiro atoms. The van der Waals surface area contributed by atoms with Crippen LogP contribution in [0.15, 0.2) is 0 Å². The standard InChI is InChI=1S/C11H20F3NO/c1-10(8-16,15-7-11(12,13)14)9-5-3-2-4-6-9/h9,15-16H,2-8H2,1H3. The van der Waals surface area contributed by atoms with Gasteiger partial charge in [-0.3, -0.25) is 0 Å². The lowest BCUT2D eigenvalue weighted by atomic mass is 9.76. The number of halogens is 3. The van der Waals surface area contributed by atoms with Gasteiger partial charge in [0.25, 0.3) is 0 Å². The fourth-order valence-electron chi connectivity index (χ4n) is 2.37. The van der Waals surface area contributed by atoms with E-state index in [1.807, 2.05) is 0 Å². The van der Waals surface area contributed by atoms with E-state index >= 15 is 0 Å². The highest BCUT2D eigenvalue weighted by atomic mass is 19.4. The van der Waals surface area contributed by atoms with E-state index in [1.54, 1.807) is 6.92 Å². The SMILES string of the molecule is CC(CO)(NCC(F)(F)F)C1CCCCC1. The van der Waals surface area contributed by atoms with Crippen molar-refractivity contribution in [3.8, 4) is 0 Å². The Morgan fingerprint density at radius 3 is 2.19 bits per heavy atom. The molecular weight excluding hydrogens is 219 g/mol. The van der Waals surface area contributed by atoms with Gasteiger partial charge in [-0.25, -0.2) is 0 Å². The van der Waals surface area contributed by atoms with Gasteiger partial charge < -0.3 is 10.4 Å². The Bertz CT molecular complexity index is 214. The Hall–Kier alpha value is -0.290. The van der Waals surface area contributed by atoms with Crippen molar-refractivity contribution in [1.29, 1.82) is 0 Å². The molecule has 96 valence electrons. The zero-order valence-corrected chi connectivity index (χ0v) is 9.61. The van der Waals surface area contributed by atoms with Crippen molar-refractivity contribution in [1.82, 2.24) is 5.32 Å². The quantitative estimate of drug-likeness (QED) is 0.790. The lowest BCUT2D eigenvalue weighted by Crippen LogP contribution is -2.54. The second-order valence-electron chi connectivity index (χ2n) is 4.88. The molecule has 1 rings (SSSR count). The molecule has 5 heteroatoms. The molecule has 1 unspecified atom stereocenters. The van der Waals surface area contributed by atoms with Gasteiger partial charge in [0.1, 0.15) is 0 Å². The van der Waals surface area contributed by atoms with E-state index in [9.17, 15) is 18.3 Å². The van der Waals surface area contributed by atoms with Gasteiger partial charge in [0.15, 0.2) is 0 Å². The molecule has 0 aromatic heterocycles. The van der Waals surface area contributed by atoms with Crippen LogP contribution in [0, 0.1) is 5.92 Å². The van der Waals surface area contributed by atoms with Crippen LogP contribution in [-0.2, 0) is 0 Å². The summed E-state index contributed by atoms with van der Waals surface area (Å²) in [7, 11) is 0. The minimum absolute atomic E-state index is 0.147. The second kappa shape index (κ2) is 5.36. The molecule has 1 aliphatic rings. The lowest BCUT2D eigenvalue weighted by Gasteiger charge is -2.39. The molecule has 16 heavy (non-hydrogen) atoms. The molecule has 2 N–H and O–H groups in total. The van der Waals surface area contributed by atoms with Gasteiger partial charge in [0.2, 0.25) is 0 Å². The topological polar surface area (TPSA) is 32.3 Å². The number of hydrogen-bond acceptors (Lipinski definition) is 2. The minimum atomic E-state index is -4.22. The zero-order chi connectivity index (χ0) is 12.2. The molecule has 1 aliphatic carbocycles. The van der Waals surface area contributed by atoms with Crippen molar-refractivity contribution in [2.75, 3.05) is 13.2 Å². The highest BCUT2D eigenvalue weighted by molar-refractivity contribution is 4.91. The van der Waals surface area contributed by atoms with Crippen LogP contribution in [0.2, 0.25) is 0 Å². The van der Waals surface area contributed by atoms with E-state index in [0.717, 1.165) is 32.1 Å². The number of rotatable bonds is 4. The van der Waals surface area contributed by atoms with Crippen molar-refractivity contribution >= 4 is 0 Å². The van der Waals surface area contributed by atoms with Crippen LogP contribution in [-0.4, -0.2) is 30.0 Å². The van der Waals surface area contributed by atoms with Crippen LogP contribution >= 0.6 is 0 Å². The molecule has 0 heterocycles. The summed E-state index contributed by atoms with van der Waals surface area (Å²) in [5.74, 6) is 0.147. The smallest absolute Gasteiger partial charge is 0.394 e. The predicted molar refractivity (Wildman–Crippen MR) is 56.1 cm³/mol. The molecule has 1 saturated carbocycles. The van der Waals surface area contributed by atoms with Crippen LogP contribution in [0.25, 0.3) is 0 Å². The summed E-state index contributed by atoms with van der Waals surface area (Å²) < 4.78 is 36.4. The van der Waals surface area contributed by atoms with E-state index in [2.05, 4.69) is 5.32 Å². The van der Waals surface area contributed by atoms with Gasteiger partial charge >= 0.3 is 6.18 Å². The summed E-state index contributed by atoms with van der Waals surface area (Å²) in [6.45, 7) is 0.420. The normalized spacial score (nSPS) is 23.1. The molecular formula is C11H20F3NO. The first-order chi connectivity index (χ1) is 7.37. The molecule has 0 aromatic carbocycles. The fourth-order valence-corrected chi connectivity index (χ4v) is 2.37. The molecule has 2 nitrogen and oxygen atoms in total. The van der Waals surface area contributed by atoms with E-state index in [0.29, 0.717) is 0 Å². The lowest BCUT2D eigenvalue weighted by molar-refractivity contribution is -0.131. The summed E-state index contributed by atoms with van der Waals surface area (Å²) >= 11 is 0.